The van der Waals surface area contributed by atoms with Crippen molar-refractivity contribution in [2.45, 2.75) is 221 Å². The summed E-state index contributed by atoms with van der Waals surface area (Å²) in [5.74, 6) is 16.4. The second kappa shape index (κ2) is 67.9. The largest absolute Gasteiger partial charge is 0.490 e. The van der Waals surface area contributed by atoms with Crippen LogP contribution in [-0.2, 0) is 85.6 Å². The van der Waals surface area contributed by atoms with Gasteiger partial charge in [-0.05, 0) is 296 Å². The molecule has 0 amide bonds. The smallest absolute Gasteiger partial charge is 0.333 e. The highest BCUT2D eigenvalue weighted by Gasteiger charge is 2.51. The van der Waals surface area contributed by atoms with Crippen molar-refractivity contribution in [3.05, 3.63) is 232 Å². The van der Waals surface area contributed by atoms with E-state index in [1.54, 1.807) is 129 Å². The number of fused-ring (bicyclic) bond motifs is 15. The number of hydrogen-bond donors (Lipinski definition) is 0. The lowest BCUT2D eigenvalue weighted by molar-refractivity contribution is -0.152. The lowest BCUT2D eigenvalue weighted by Gasteiger charge is -2.23. The number of rotatable bonds is 46. The van der Waals surface area contributed by atoms with E-state index in [1.807, 2.05) is 224 Å². The molecule has 0 radical (unpaired) electrons. The Morgan fingerprint density at radius 3 is 0.594 bits per heavy atom. The standard InChI is InChI=1S/2C15H20O4.2C14H18O4.2C13H18O4.3C10H16/c2*1-4-17-10-14(19-15(16)12(2)3)11-18-13-8-6-5-7-9-13;2*1-3-14(15)18-13(10-16-4-2)11-17-12-8-6-5-7-9-12;2*1-3-15-9-13(17-11(2)14)10-16-12-7-5-4-6-8-12;3*1-2-9-7-4-5-8(6-7)10(9)3-1/h2*5-9,14H,2,4,10-11H2,1,3H3;2*3,5-9,13H,1,4,10-11H2,2H3;2*4-8,13H,3,9-10H2,1-2H3;3*7-10H,1-6H2. The molecule has 18 atom stereocenters. The van der Waals surface area contributed by atoms with Crippen molar-refractivity contribution in [1.29, 1.82) is 0 Å². The highest BCUT2D eigenvalue weighted by Crippen LogP contribution is 2.60. The number of hydrogen-bond acceptors (Lipinski definition) is 24. The van der Waals surface area contributed by atoms with Gasteiger partial charge in [0.1, 0.15) is 74.1 Å². The summed E-state index contributed by atoms with van der Waals surface area (Å²) in [5, 5.41) is 0. The number of carbonyl (C=O) groups excluding carboxylic acids is 6. The van der Waals surface area contributed by atoms with E-state index in [0.717, 1.165) is 46.6 Å². The zero-order valence-electron chi connectivity index (χ0n) is 83.9. The molecule has 0 heterocycles. The maximum atomic E-state index is 11.5. The van der Waals surface area contributed by atoms with E-state index in [-0.39, 0.29) is 50.6 Å². The Morgan fingerprint density at radius 2 is 0.435 bits per heavy atom. The minimum atomic E-state index is -0.476. The SMILES string of the molecule is C1CC2C3CCC(C3)C2C1.C1CC2C3CCC(C3)C2C1.C1CC2C3CCC(C3)C2C1.C=C(C)C(=O)OC(COCC)COc1ccccc1.C=C(C)C(=O)OC(COCC)COc1ccccc1.C=CC(=O)OC(COCC)COc1ccccc1.C=CC(=O)OC(COCC)COc1ccccc1.CCOCC(COc1ccccc1)OC(C)=O.CCOCC(COc1ccccc1)OC(C)=O. The van der Waals surface area contributed by atoms with E-state index in [2.05, 4.69) is 26.3 Å². The zero-order valence-corrected chi connectivity index (χ0v) is 83.9. The average molecular weight is 1910 g/mol. The molecule has 0 N–H and O–H groups in total. The molecular formula is C114H160O24. The Morgan fingerprint density at radius 1 is 0.261 bits per heavy atom. The molecule has 0 aromatic heterocycles. The monoisotopic (exact) mass is 1910 g/mol. The average Bonchev–Trinajstić information content (AvgIpc) is 1.63. The first-order valence-corrected chi connectivity index (χ1v) is 50.3. The van der Waals surface area contributed by atoms with Crippen LogP contribution in [0.4, 0.5) is 0 Å². The molecule has 760 valence electrons. The van der Waals surface area contributed by atoms with Crippen molar-refractivity contribution >= 4 is 35.8 Å². The summed E-state index contributed by atoms with van der Waals surface area (Å²) in [5.41, 5.74) is 0.724. The van der Waals surface area contributed by atoms with E-state index in [4.69, 9.17) is 85.3 Å². The van der Waals surface area contributed by atoms with Gasteiger partial charge in [0.15, 0.2) is 36.6 Å². The fraction of sp³-hybridized carbons (Fsp3) is 0.561. The van der Waals surface area contributed by atoms with Crippen LogP contribution < -0.4 is 28.4 Å². The van der Waals surface area contributed by atoms with Crippen molar-refractivity contribution in [2.75, 3.05) is 119 Å². The van der Waals surface area contributed by atoms with Crippen LogP contribution >= 0.6 is 0 Å². The van der Waals surface area contributed by atoms with Crippen LogP contribution in [0.3, 0.4) is 0 Å². The van der Waals surface area contributed by atoms with Crippen LogP contribution in [0.25, 0.3) is 0 Å². The summed E-state index contributed by atoms with van der Waals surface area (Å²) in [6, 6.07) is 56.2. The molecule has 0 aliphatic heterocycles. The number of ether oxygens (including phenoxy) is 18. The molecule has 9 saturated carbocycles. The lowest BCUT2D eigenvalue weighted by atomic mass is 9.82. The third-order valence-electron chi connectivity index (χ3n) is 26.0. The fourth-order valence-electron chi connectivity index (χ4n) is 19.9. The van der Waals surface area contributed by atoms with E-state index in [9.17, 15) is 28.8 Å². The Kier molecular flexibility index (Phi) is 56.4. The van der Waals surface area contributed by atoms with Gasteiger partial charge in [-0.1, -0.05) is 155 Å². The van der Waals surface area contributed by atoms with Gasteiger partial charge >= 0.3 is 35.8 Å². The second-order valence-electron chi connectivity index (χ2n) is 36.1. The summed E-state index contributed by atoms with van der Waals surface area (Å²) in [7, 11) is 0. The molecule has 6 aromatic carbocycles. The van der Waals surface area contributed by atoms with Crippen molar-refractivity contribution in [1.82, 2.24) is 0 Å². The lowest BCUT2D eigenvalue weighted by Crippen LogP contribution is -2.30. The van der Waals surface area contributed by atoms with Gasteiger partial charge in [0.05, 0.1) is 39.6 Å². The molecule has 24 heteroatoms. The van der Waals surface area contributed by atoms with Crippen LogP contribution in [0.15, 0.2) is 232 Å². The summed E-state index contributed by atoms with van der Waals surface area (Å²) in [4.78, 5) is 67.1. The van der Waals surface area contributed by atoms with Gasteiger partial charge in [-0.3, -0.25) is 9.59 Å². The number of esters is 6. The molecule has 9 aliphatic rings. The molecule has 6 bridgehead atoms. The predicted octanol–water partition coefficient (Wildman–Crippen LogP) is 22.1. The van der Waals surface area contributed by atoms with Gasteiger partial charge in [-0.25, -0.2) is 19.2 Å². The second-order valence-corrected chi connectivity index (χ2v) is 36.1. The van der Waals surface area contributed by atoms with Crippen molar-refractivity contribution in [2.24, 2.45) is 71.0 Å². The third-order valence-corrected chi connectivity index (χ3v) is 26.0. The Labute approximate surface area is 822 Å². The van der Waals surface area contributed by atoms with Crippen LogP contribution in [0.2, 0.25) is 0 Å². The number of carbonyl (C=O) groups is 6. The van der Waals surface area contributed by atoms with Gasteiger partial charge in [-0.15, -0.1) is 0 Å². The van der Waals surface area contributed by atoms with Crippen molar-refractivity contribution < 1.29 is 114 Å². The molecule has 6 aromatic rings. The highest BCUT2D eigenvalue weighted by atomic mass is 16.6. The predicted molar refractivity (Wildman–Crippen MR) is 536 cm³/mol. The van der Waals surface area contributed by atoms with Gasteiger partial charge in [0.25, 0.3) is 0 Å². The molecule has 9 fully saturated rings. The Balaban J connectivity index is 0.000000213. The van der Waals surface area contributed by atoms with Crippen molar-refractivity contribution in [3.8, 4) is 34.5 Å². The quantitative estimate of drug-likeness (QED) is 0.0195. The van der Waals surface area contributed by atoms with Crippen LogP contribution in [-0.4, -0.2) is 191 Å². The molecule has 138 heavy (non-hydrogen) atoms. The summed E-state index contributed by atoms with van der Waals surface area (Å²) in [6.07, 6.45) is 28.4. The minimum absolute atomic E-state index is 0.253. The zero-order chi connectivity index (χ0) is 99.3. The topological polar surface area (TPSA) is 269 Å². The minimum Gasteiger partial charge on any atom is -0.490 e. The van der Waals surface area contributed by atoms with Crippen molar-refractivity contribution in [3.63, 3.8) is 0 Å². The van der Waals surface area contributed by atoms with E-state index in [0.29, 0.717) is 104 Å². The van der Waals surface area contributed by atoms with E-state index < -0.39 is 48.3 Å². The maximum Gasteiger partial charge on any atom is 0.333 e. The van der Waals surface area contributed by atoms with Crippen LogP contribution in [0, 0.1) is 71.0 Å². The maximum absolute atomic E-state index is 11.5. The fourth-order valence-corrected chi connectivity index (χ4v) is 19.9. The molecule has 15 rings (SSSR count). The Bertz CT molecular complexity index is 3980. The van der Waals surface area contributed by atoms with Gasteiger partial charge < -0.3 is 85.3 Å². The van der Waals surface area contributed by atoms with Gasteiger partial charge in [0, 0.05) is 76.8 Å². The first-order valence-electron chi connectivity index (χ1n) is 50.3. The summed E-state index contributed by atoms with van der Waals surface area (Å²) < 4.78 is 95.6. The first kappa shape index (κ1) is 115. The molecule has 0 spiro atoms. The Hall–Kier alpha value is -10.3. The summed E-state index contributed by atoms with van der Waals surface area (Å²) >= 11 is 0. The summed E-state index contributed by atoms with van der Waals surface area (Å²) in [6.45, 7) is 38.1. The highest BCUT2D eigenvalue weighted by molar-refractivity contribution is 5.87. The third kappa shape index (κ3) is 44.9. The molecule has 18 unspecified atom stereocenters. The van der Waals surface area contributed by atoms with Crippen LogP contribution in [0.5, 0.6) is 34.5 Å². The normalized spacial score (nSPS) is 21.7. The van der Waals surface area contributed by atoms with E-state index >= 15 is 0 Å². The number of para-hydroxylation sites is 6. The van der Waals surface area contributed by atoms with E-state index in [1.165, 1.54) is 84.9 Å². The molecule has 0 saturated heterocycles. The molecular weight excluding hydrogens is 1750 g/mol. The van der Waals surface area contributed by atoms with Gasteiger partial charge in [-0.2, -0.15) is 0 Å². The number of benzene rings is 6. The molecule has 9 aliphatic carbocycles. The van der Waals surface area contributed by atoms with Crippen LogP contribution in [0.1, 0.15) is 185 Å². The molecule has 24 nitrogen and oxygen atoms in total. The van der Waals surface area contributed by atoms with Gasteiger partial charge in [0.2, 0.25) is 0 Å². The first-order chi connectivity index (χ1) is 67.1.